The Morgan fingerprint density at radius 2 is 1.97 bits per heavy atom. The molecule has 3 aromatic rings. The molecule has 2 aromatic heterocycles. The van der Waals surface area contributed by atoms with Gasteiger partial charge in [0.25, 0.3) is 5.56 Å². The zero-order chi connectivity index (χ0) is 20.4. The van der Waals surface area contributed by atoms with Crippen LogP contribution in [0.3, 0.4) is 0 Å². The Hall–Kier alpha value is -3.29. The van der Waals surface area contributed by atoms with Gasteiger partial charge in [0.1, 0.15) is 12.6 Å². The summed E-state index contributed by atoms with van der Waals surface area (Å²) >= 11 is 0. The molecule has 0 aliphatic carbocycles. The molecule has 1 saturated heterocycles. The number of para-hydroxylation sites is 1. The Morgan fingerprint density at radius 1 is 1.21 bits per heavy atom. The number of ether oxygens (including phenoxy) is 1. The lowest BCUT2D eigenvalue weighted by Crippen LogP contribution is -2.46. The minimum atomic E-state index is -0.211. The van der Waals surface area contributed by atoms with Gasteiger partial charge in [0.05, 0.1) is 23.8 Å². The van der Waals surface area contributed by atoms with Crippen molar-refractivity contribution in [1.82, 2.24) is 24.4 Å². The van der Waals surface area contributed by atoms with Crippen molar-refractivity contribution in [3.8, 4) is 6.01 Å². The number of amides is 1. The fraction of sp³-hybridized carbons (Fsp3) is 0.381. The standard InChI is InChI=1S/C21H23N5O3/c1-14-10-15(2)24-21(23-14)29-16-6-5-9-25(11-16)19(27)12-26-13-22-18-8-4-3-7-17(18)20(26)28/h3-4,7-8,10,13,16H,5-6,9,11-12H2,1-2H3. The number of fused-ring (bicyclic) bond motifs is 1. The van der Waals surface area contributed by atoms with Crippen LogP contribution >= 0.6 is 0 Å². The van der Waals surface area contributed by atoms with Crippen LogP contribution < -0.4 is 10.3 Å². The third-order valence-electron chi connectivity index (χ3n) is 5.00. The minimum absolute atomic E-state index is 0.0383. The number of benzene rings is 1. The van der Waals surface area contributed by atoms with E-state index in [4.69, 9.17) is 4.74 Å². The molecule has 0 spiro atoms. The van der Waals surface area contributed by atoms with Crippen LogP contribution in [0, 0.1) is 13.8 Å². The molecule has 1 unspecified atom stereocenters. The Kier molecular flexibility index (Phi) is 5.24. The average molecular weight is 393 g/mol. The summed E-state index contributed by atoms with van der Waals surface area (Å²) in [7, 11) is 0. The lowest BCUT2D eigenvalue weighted by molar-refractivity contribution is -0.134. The SMILES string of the molecule is Cc1cc(C)nc(OC2CCCN(C(=O)Cn3cnc4ccccc4c3=O)C2)n1. The quantitative estimate of drug-likeness (QED) is 0.672. The highest BCUT2D eigenvalue weighted by Crippen LogP contribution is 2.17. The van der Waals surface area contributed by atoms with E-state index in [9.17, 15) is 9.59 Å². The molecule has 1 aromatic carbocycles. The van der Waals surface area contributed by atoms with E-state index in [-0.39, 0.29) is 24.1 Å². The predicted octanol–water partition coefficient (Wildman–Crippen LogP) is 1.87. The number of likely N-dealkylation sites (tertiary alicyclic amines) is 1. The molecule has 150 valence electrons. The van der Waals surface area contributed by atoms with Crippen molar-refractivity contribution in [3.05, 3.63) is 58.4 Å². The molecule has 1 amide bonds. The Morgan fingerprint density at radius 3 is 2.76 bits per heavy atom. The van der Waals surface area contributed by atoms with Gasteiger partial charge in [-0.1, -0.05) is 12.1 Å². The smallest absolute Gasteiger partial charge is 0.317 e. The number of nitrogens with zero attached hydrogens (tertiary/aromatic N) is 5. The summed E-state index contributed by atoms with van der Waals surface area (Å²) in [5.41, 5.74) is 2.11. The maximum atomic E-state index is 12.8. The van der Waals surface area contributed by atoms with Crippen LogP contribution in [0.2, 0.25) is 0 Å². The van der Waals surface area contributed by atoms with Crippen molar-refractivity contribution in [3.63, 3.8) is 0 Å². The molecule has 1 fully saturated rings. The third-order valence-corrected chi connectivity index (χ3v) is 5.00. The summed E-state index contributed by atoms with van der Waals surface area (Å²) < 4.78 is 7.30. The van der Waals surface area contributed by atoms with Gasteiger partial charge in [-0.05, 0) is 44.9 Å². The van der Waals surface area contributed by atoms with Gasteiger partial charge in [-0.2, -0.15) is 0 Å². The van der Waals surface area contributed by atoms with Crippen LogP contribution in [0.25, 0.3) is 10.9 Å². The molecule has 1 aliphatic rings. The summed E-state index contributed by atoms with van der Waals surface area (Å²) in [4.78, 5) is 40.1. The van der Waals surface area contributed by atoms with Crippen molar-refractivity contribution >= 4 is 16.8 Å². The molecule has 1 atom stereocenters. The van der Waals surface area contributed by atoms with Crippen molar-refractivity contribution in [2.75, 3.05) is 13.1 Å². The van der Waals surface area contributed by atoms with Gasteiger partial charge >= 0.3 is 6.01 Å². The molecule has 8 nitrogen and oxygen atoms in total. The summed E-state index contributed by atoms with van der Waals surface area (Å²) in [6, 6.07) is 9.36. The maximum Gasteiger partial charge on any atom is 0.317 e. The first-order valence-corrected chi connectivity index (χ1v) is 9.70. The summed E-state index contributed by atoms with van der Waals surface area (Å²) in [5.74, 6) is -0.126. The van der Waals surface area contributed by atoms with Gasteiger partial charge in [0.2, 0.25) is 5.91 Å². The van der Waals surface area contributed by atoms with Gasteiger partial charge in [-0.15, -0.1) is 0 Å². The van der Waals surface area contributed by atoms with E-state index in [1.54, 1.807) is 23.1 Å². The van der Waals surface area contributed by atoms with Crippen LogP contribution in [0.5, 0.6) is 6.01 Å². The molecule has 8 heteroatoms. The first kappa shape index (κ1) is 19.0. The molecule has 0 bridgehead atoms. The molecule has 29 heavy (non-hydrogen) atoms. The van der Waals surface area contributed by atoms with E-state index in [0.29, 0.717) is 30.0 Å². The fourth-order valence-electron chi connectivity index (χ4n) is 3.62. The van der Waals surface area contributed by atoms with Gasteiger partial charge < -0.3 is 9.64 Å². The first-order chi connectivity index (χ1) is 14.0. The zero-order valence-electron chi connectivity index (χ0n) is 16.5. The Balaban J connectivity index is 1.45. The topological polar surface area (TPSA) is 90.2 Å². The number of rotatable bonds is 4. The second kappa shape index (κ2) is 7.98. The second-order valence-electron chi connectivity index (χ2n) is 7.35. The fourth-order valence-corrected chi connectivity index (χ4v) is 3.62. The third kappa shape index (κ3) is 4.26. The highest BCUT2D eigenvalue weighted by Gasteiger charge is 2.26. The number of aryl methyl sites for hydroxylation is 2. The Labute approximate surface area is 168 Å². The lowest BCUT2D eigenvalue weighted by atomic mass is 10.1. The number of piperidine rings is 1. The largest absolute Gasteiger partial charge is 0.458 e. The summed E-state index contributed by atoms with van der Waals surface area (Å²) in [6.45, 7) is 4.84. The van der Waals surface area contributed by atoms with E-state index < -0.39 is 0 Å². The van der Waals surface area contributed by atoms with E-state index in [0.717, 1.165) is 24.2 Å². The van der Waals surface area contributed by atoms with E-state index >= 15 is 0 Å². The molecule has 1 aliphatic heterocycles. The molecule has 3 heterocycles. The predicted molar refractivity (Wildman–Crippen MR) is 108 cm³/mol. The van der Waals surface area contributed by atoms with Crippen LogP contribution in [-0.4, -0.2) is 49.5 Å². The molecule has 0 saturated carbocycles. The molecular weight excluding hydrogens is 370 g/mol. The monoisotopic (exact) mass is 393 g/mol. The van der Waals surface area contributed by atoms with Crippen molar-refractivity contribution < 1.29 is 9.53 Å². The van der Waals surface area contributed by atoms with Gasteiger partial charge in [-0.3, -0.25) is 14.2 Å². The second-order valence-corrected chi connectivity index (χ2v) is 7.35. The molecule has 4 rings (SSSR count). The zero-order valence-corrected chi connectivity index (χ0v) is 16.5. The van der Waals surface area contributed by atoms with Crippen LogP contribution in [-0.2, 0) is 11.3 Å². The van der Waals surface area contributed by atoms with Crippen LogP contribution in [0.1, 0.15) is 24.2 Å². The van der Waals surface area contributed by atoms with Crippen molar-refractivity contribution in [2.45, 2.75) is 39.3 Å². The molecule has 0 radical (unpaired) electrons. The highest BCUT2D eigenvalue weighted by molar-refractivity contribution is 5.79. The average Bonchev–Trinajstić information content (AvgIpc) is 2.70. The molecule has 0 N–H and O–H groups in total. The number of hydrogen-bond acceptors (Lipinski definition) is 6. The number of hydrogen-bond donors (Lipinski definition) is 0. The first-order valence-electron chi connectivity index (χ1n) is 9.70. The number of carbonyl (C=O) groups excluding carboxylic acids is 1. The van der Waals surface area contributed by atoms with Crippen molar-refractivity contribution in [1.29, 1.82) is 0 Å². The summed E-state index contributed by atoms with van der Waals surface area (Å²) in [6.07, 6.45) is 2.92. The normalized spacial score (nSPS) is 16.8. The highest BCUT2D eigenvalue weighted by atomic mass is 16.5. The number of carbonyl (C=O) groups is 1. The van der Waals surface area contributed by atoms with E-state index in [1.807, 2.05) is 26.0 Å². The van der Waals surface area contributed by atoms with Gasteiger partial charge in [0.15, 0.2) is 0 Å². The minimum Gasteiger partial charge on any atom is -0.458 e. The lowest BCUT2D eigenvalue weighted by Gasteiger charge is -2.32. The van der Waals surface area contributed by atoms with Gasteiger partial charge in [0, 0.05) is 17.9 Å². The van der Waals surface area contributed by atoms with E-state index in [2.05, 4.69) is 15.0 Å². The van der Waals surface area contributed by atoms with E-state index in [1.165, 1.54) is 10.9 Å². The van der Waals surface area contributed by atoms with Crippen molar-refractivity contribution in [2.24, 2.45) is 0 Å². The van der Waals surface area contributed by atoms with Gasteiger partial charge in [-0.25, -0.2) is 15.0 Å². The Bertz CT molecular complexity index is 1090. The number of aromatic nitrogens is 4. The van der Waals surface area contributed by atoms with Crippen LogP contribution in [0.4, 0.5) is 0 Å². The maximum absolute atomic E-state index is 12.8. The summed E-state index contributed by atoms with van der Waals surface area (Å²) in [5, 5.41) is 0.509. The van der Waals surface area contributed by atoms with Crippen LogP contribution in [0.15, 0.2) is 41.5 Å². The molecular formula is C21H23N5O3.